The summed E-state index contributed by atoms with van der Waals surface area (Å²) < 4.78 is 7.60. The van der Waals surface area contributed by atoms with Crippen molar-refractivity contribution < 1.29 is 4.74 Å². The zero-order valence-electron chi connectivity index (χ0n) is 15.1. The molecule has 1 fully saturated rings. The Morgan fingerprint density at radius 2 is 1.81 bits per heavy atom. The summed E-state index contributed by atoms with van der Waals surface area (Å²) in [5.41, 5.74) is 3.49. The monoisotopic (exact) mass is 444 g/mol. The molecule has 0 radical (unpaired) electrons. The summed E-state index contributed by atoms with van der Waals surface area (Å²) in [6.45, 7) is 0. The molecule has 0 saturated heterocycles. The topological polar surface area (TPSA) is 24.8 Å². The first kappa shape index (κ1) is 17.6. The number of halogens is 2. The van der Waals surface area contributed by atoms with E-state index in [2.05, 4.69) is 51.3 Å². The summed E-state index contributed by atoms with van der Waals surface area (Å²) in [4.78, 5) is 0. The van der Waals surface area contributed by atoms with Gasteiger partial charge in [0.25, 0.3) is 0 Å². The van der Waals surface area contributed by atoms with Gasteiger partial charge in [0.1, 0.15) is 5.75 Å². The molecule has 2 aliphatic heterocycles. The summed E-state index contributed by atoms with van der Waals surface area (Å²) in [5, 5.41) is 8.06. The molecule has 0 aromatic heterocycles. The minimum Gasteiger partial charge on any atom is -0.468 e. The van der Waals surface area contributed by atoms with Crippen molar-refractivity contribution in [2.45, 2.75) is 50.8 Å². The van der Waals surface area contributed by atoms with Crippen molar-refractivity contribution in [3.63, 3.8) is 0 Å². The predicted molar refractivity (Wildman–Crippen MR) is 112 cm³/mol. The van der Waals surface area contributed by atoms with Crippen molar-refractivity contribution in [1.82, 2.24) is 5.01 Å². The van der Waals surface area contributed by atoms with E-state index < -0.39 is 0 Å². The van der Waals surface area contributed by atoms with E-state index in [0.29, 0.717) is 5.92 Å². The predicted octanol–water partition coefficient (Wildman–Crippen LogP) is 6.55. The quantitative estimate of drug-likeness (QED) is 0.523. The van der Waals surface area contributed by atoms with Crippen LogP contribution in [0, 0.1) is 5.92 Å². The van der Waals surface area contributed by atoms with E-state index in [1.807, 2.05) is 12.1 Å². The number of hydrogen-bond acceptors (Lipinski definition) is 3. The van der Waals surface area contributed by atoms with Crippen LogP contribution in [0.15, 0.2) is 52.0 Å². The summed E-state index contributed by atoms with van der Waals surface area (Å²) in [7, 11) is 0. The lowest BCUT2D eigenvalue weighted by Gasteiger charge is -2.42. The fourth-order valence-corrected chi connectivity index (χ4v) is 5.14. The molecule has 2 aromatic carbocycles. The fourth-order valence-electron chi connectivity index (χ4n) is 4.63. The highest BCUT2D eigenvalue weighted by Gasteiger charge is 2.43. The van der Waals surface area contributed by atoms with Gasteiger partial charge in [0, 0.05) is 27.4 Å². The lowest BCUT2D eigenvalue weighted by molar-refractivity contribution is -0.0644. The van der Waals surface area contributed by atoms with Crippen molar-refractivity contribution >= 4 is 33.2 Å². The zero-order chi connectivity index (χ0) is 18.4. The Kier molecular flexibility index (Phi) is 4.65. The molecule has 2 aromatic rings. The molecule has 0 bridgehead atoms. The third-order valence-electron chi connectivity index (χ3n) is 6.01. The van der Waals surface area contributed by atoms with Gasteiger partial charge in [-0.3, -0.25) is 0 Å². The summed E-state index contributed by atoms with van der Waals surface area (Å²) in [5.74, 6) is 1.56. The fraction of sp³-hybridized carbons (Fsp3) is 0.409. The highest BCUT2D eigenvalue weighted by atomic mass is 79.9. The van der Waals surface area contributed by atoms with Crippen molar-refractivity contribution in [3.05, 3.63) is 63.1 Å². The van der Waals surface area contributed by atoms with Crippen molar-refractivity contribution in [3.8, 4) is 5.75 Å². The lowest BCUT2D eigenvalue weighted by Crippen LogP contribution is -2.45. The van der Waals surface area contributed by atoms with E-state index in [0.717, 1.165) is 32.9 Å². The van der Waals surface area contributed by atoms with E-state index in [-0.39, 0.29) is 12.3 Å². The highest BCUT2D eigenvalue weighted by molar-refractivity contribution is 9.10. The van der Waals surface area contributed by atoms with Gasteiger partial charge in [-0.1, -0.05) is 58.9 Å². The van der Waals surface area contributed by atoms with Crippen LogP contribution in [0.5, 0.6) is 5.75 Å². The van der Waals surface area contributed by atoms with Gasteiger partial charge in [-0.05, 0) is 48.7 Å². The molecule has 5 rings (SSSR count). The molecule has 0 amide bonds. The standard InChI is InChI=1S/C22H22BrClN2O/c23-16-8-11-21-18(12-16)20-13-19(14-6-9-17(24)10-7-14)25-26(20)22(27-21)15-4-2-1-3-5-15/h6-12,15,20,22H,1-5,13H2. The largest absolute Gasteiger partial charge is 0.468 e. The number of hydrazone groups is 1. The highest BCUT2D eigenvalue weighted by Crippen LogP contribution is 2.47. The Hall–Kier alpha value is -1.52. The van der Waals surface area contributed by atoms with Crippen LogP contribution in [-0.4, -0.2) is 16.9 Å². The van der Waals surface area contributed by atoms with Gasteiger partial charge < -0.3 is 4.74 Å². The first-order valence-electron chi connectivity index (χ1n) is 9.77. The summed E-state index contributed by atoms with van der Waals surface area (Å²) in [6.07, 6.45) is 7.33. The van der Waals surface area contributed by atoms with Gasteiger partial charge in [-0.15, -0.1) is 0 Å². The van der Waals surface area contributed by atoms with Gasteiger partial charge in [-0.25, -0.2) is 5.01 Å². The molecule has 3 nitrogen and oxygen atoms in total. The van der Waals surface area contributed by atoms with Crippen LogP contribution >= 0.6 is 27.5 Å². The van der Waals surface area contributed by atoms with Crippen LogP contribution in [0.2, 0.25) is 5.02 Å². The molecule has 0 N–H and O–H groups in total. The molecule has 1 aliphatic carbocycles. The maximum atomic E-state index is 6.52. The lowest BCUT2D eigenvalue weighted by atomic mass is 9.86. The van der Waals surface area contributed by atoms with E-state index in [1.165, 1.54) is 37.7 Å². The van der Waals surface area contributed by atoms with Crippen molar-refractivity contribution in [2.75, 3.05) is 0 Å². The van der Waals surface area contributed by atoms with Gasteiger partial charge in [0.15, 0.2) is 6.23 Å². The normalized spacial score (nSPS) is 24.8. The van der Waals surface area contributed by atoms with E-state index in [4.69, 9.17) is 21.4 Å². The second-order valence-electron chi connectivity index (χ2n) is 7.74. The van der Waals surface area contributed by atoms with Crippen LogP contribution in [0.4, 0.5) is 0 Å². The summed E-state index contributed by atoms with van der Waals surface area (Å²) >= 11 is 9.69. The molecular formula is C22H22BrClN2O. The average molecular weight is 446 g/mol. The smallest absolute Gasteiger partial charge is 0.190 e. The van der Waals surface area contributed by atoms with Gasteiger partial charge in [0.05, 0.1) is 11.8 Å². The van der Waals surface area contributed by atoms with Crippen LogP contribution in [-0.2, 0) is 0 Å². The molecule has 5 heteroatoms. The zero-order valence-corrected chi connectivity index (χ0v) is 17.4. The molecule has 3 aliphatic rings. The molecule has 27 heavy (non-hydrogen) atoms. The first-order chi connectivity index (χ1) is 13.2. The molecule has 0 spiro atoms. The van der Waals surface area contributed by atoms with Crippen LogP contribution in [0.25, 0.3) is 0 Å². The number of rotatable bonds is 2. The Balaban J connectivity index is 1.53. The van der Waals surface area contributed by atoms with E-state index in [9.17, 15) is 0 Å². The minimum absolute atomic E-state index is 0.0359. The Morgan fingerprint density at radius 1 is 1.04 bits per heavy atom. The SMILES string of the molecule is Clc1ccc(C2=NN3C(C2)c2cc(Br)ccc2OC3C2CCCCC2)cc1. The maximum absolute atomic E-state index is 6.52. The van der Waals surface area contributed by atoms with E-state index >= 15 is 0 Å². The van der Waals surface area contributed by atoms with Crippen LogP contribution < -0.4 is 4.74 Å². The molecular weight excluding hydrogens is 424 g/mol. The number of benzene rings is 2. The second-order valence-corrected chi connectivity index (χ2v) is 9.09. The Bertz CT molecular complexity index is 876. The number of fused-ring (bicyclic) bond motifs is 3. The minimum atomic E-state index is 0.0359. The Morgan fingerprint density at radius 3 is 2.59 bits per heavy atom. The first-order valence-corrected chi connectivity index (χ1v) is 10.9. The van der Waals surface area contributed by atoms with Crippen LogP contribution in [0.1, 0.15) is 55.7 Å². The number of ether oxygens (including phenoxy) is 1. The summed E-state index contributed by atoms with van der Waals surface area (Å²) in [6, 6.07) is 14.6. The van der Waals surface area contributed by atoms with E-state index in [1.54, 1.807) is 0 Å². The van der Waals surface area contributed by atoms with Gasteiger partial charge in [0.2, 0.25) is 0 Å². The van der Waals surface area contributed by atoms with Gasteiger partial charge >= 0.3 is 0 Å². The maximum Gasteiger partial charge on any atom is 0.190 e. The Labute approximate surface area is 173 Å². The third-order valence-corrected chi connectivity index (χ3v) is 6.76. The molecule has 2 atom stereocenters. The third kappa shape index (κ3) is 3.27. The molecule has 140 valence electrons. The molecule has 2 heterocycles. The molecule has 2 unspecified atom stereocenters. The number of hydrogen-bond donors (Lipinski definition) is 0. The van der Waals surface area contributed by atoms with Crippen molar-refractivity contribution in [2.24, 2.45) is 11.0 Å². The average Bonchev–Trinajstić information content (AvgIpc) is 3.14. The van der Waals surface area contributed by atoms with Crippen LogP contribution in [0.3, 0.4) is 0 Å². The molecule has 1 saturated carbocycles. The van der Waals surface area contributed by atoms with Gasteiger partial charge in [-0.2, -0.15) is 5.10 Å². The van der Waals surface area contributed by atoms with Crippen molar-refractivity contribution in [1.29, 1.82) is 0 Å². The second kappa shape index (κ2) is 7.14. The number of nitrogens with zero attached hydrogens (tertiary/aromatic N) is 2.